The van der Waals surface area contributed by atoms with E-state index in [1.165, 1.54) is 34.2 Å². The van der Waals surface area contributed by atoms with Crippen LogP contribution in [0, 0.1) is 11.8 Å². The highest BCUT2D eigenvalue weighted by atomic mass is 32.1. The second kappa shape index (κ2) is 9.08. The van der Waals surface area contributed by atoms with E-state index in [4.69, 9.17) is 10.5 Å². The van der Waals surface area contributed by atoms with Crippen LogP contribution in [0.5, 0.6) is 0 Å². The van der Waals surface area contributed by atoms with Crippen LogP contribution < -0.4 is 11.1 Å². The average molecular weight is 472 g/mol. The lowest BCUT2D eigenvalue weighted by molar-refractivity contribution is -0.137. The Balaban J connectivity index is 1.58. The van der Waals surface area contributed by atoms with Crippen molar-refractivity contribution in [1.29, 1.82) is 0 Å². The van der Waals surface area contributed by atoms with Crippen LogP contribution >= 0.6 is 11.3 Å². The van der Waals surface area contributed by atoms with Crippen LogP contribution in [0.3, 0.4) is 0 Å². The summed E-state index contributed by atoms with van der Waals surface area (Å²) in [6.45, 7) is 0.101. The highest BCUT2D eigenvalue weighted by Gasteiger charge is 2.47. The van der Waals surface area contributed by atoms with Crippen molar-refractivity contribution >= 4 is 40.1 Å². The molecular weight excluding hydrogens is 452 g/mol. The molecule has 0 radical (unpaired) electrons. The van der Waals surface area contributed by atoms with Crippen LogP contribution in [-0.2, 0) is 9.53 Å². The fourth-order valence-electron chi connectivity index (χ4n) is 3.23. The van der Waals surface area contributed by atoms with Gasteiger partial charge in [-0.05, 0) is 5.92 Å². The summed E-state index contributed by atoms with van der Waals surface area (Å²) in [6, 6.07) is 0. The lowest BCUT2D eigenvalue weighted by Gasteiger charge is -2.16. The van der Waals surface area contributed by atoms with Gasteiger partial charge < -0.3 is 30.9 Å². The quantitative estimate of drug-likeness (QED) is 0.321. The minimum atomic E-state index is -1.45. The minimum absolute atomic E-state index is 0.0474. The van der Waals surface area contributed by atoms with E-state index in [0.717, 1.165) is 0 Å². The molecule has 0 saturated carbocycles. The van der Waals surface area contributed by atoms with Gasteiger partial charge in [0.05, 0.1) is 12.9 Å². The monoisotopic (exact) mass is 472 g/mol. The zero-order valence-corrected chi connectivity index (χ0v) is 18.4. The molecule has 1 aliphatic rings. The van der Waals surface area contributed by atoms with E-state index in [9.17, 15) is 19.8 Å². The van der Waals surface area contributed by atoms with E-state index < -0.39 is 30.4 Å². The molecule has 5 N–H and O–H groups in total. The molecule has 3 aromatic heterocycles. The number of anilines is 1. The number of aliphatic hydroxyl groups is 2. The first-order valence-electron chi connectivity index (χ1n) is 9.69. The Hall–Kier alpha value is -3.64. The van der Waals surface area contributed by atoms with E-state index in [1.807, 2.05) is 0 Å². The van der Waals surface area contributed by atoms with Gasteiger partial charge in [-0.15, -0.1) is 11.3 Å². The summed E-state index contributed by atoms with van der Waals surface area (Å²) < 4.78 is 6.92. The van der Waals surface area contributed by atoms with Gasteiger partial charge in [-0.1, -0.05) is 5.92 Å². The molecule has 1 unspecified atom stereocenters. The van der Waals surface area contributed by atoms with Crippen LogP contribution in [-0.4, -0.2) is 90.4 Å². The summed E-state index contributed by atoms with van der Waals surface area (Å²) in [6.07, 6.45) is -2.40. The number of fused-ring (bicyclic) bond motifs is 1. The van der Waals surface area contributed by atoms with Gasteiger partial charge in [0.15, 0.2) is 28.8 Å². The van der Waals surface area contributed by atoms with Crippen LogP contribution in [0.2, 0.25) is 0 Å². The van der Waals surface area contributed by atoms with Crippen molar-refractivity contribution in [3.05, 3.63) is 28.7 Å². The molecule has 33 heavy (non-hydrogen) atoms. The summed E-state index contributed by atoms with van der Waals surface area (Å²) in [5.74, 6) is 4.83. The van der Waals surface area contributed by atoms with Gasteiger partial charge in [0.2, 0.25) is 5.82 Å². The first kappa shape index (κ1) is 22.6. The number of likely N-dealkylation sites (N-methyl/N-ethyl adjacent to an activating group) is 1. The van der Waals surface area contributed by atoms with E-state index >= 15 is 0 Å². The average Bonchev–Trinajstić information content (AvgIpc) is 3.54. The van der Waals surface area contributed by atoms with Gasteiger partial charge in [0, 0.05) is 25.7 Å². The van der Waals surface area contributed by atoms with Crippen LogP contribution in [0.25, 0.3) is 11.2 Å². The molecule has 13 nitrogen and oxygen atoms in total. The number of thiazole rings is 1. The topological polar surface area (TPSA) is 182 Å². The number of nitrogens with one attached hydrogen (secondary N) is 1. The van der Waals surface area contributed by atoms with E-state index in [0.29, 0.717) is 5.01 Å². The van der Waals surface area contributed by atoms with Gasteiger partial charge in [-0.25, -0.2) is 19.9 Å². The van der Waals surface area contributed by atoms with Crippen molar-refractivity contribution < 1.29 is 24.5 Å². The van der Waals surface area contributed by atoms with Gasteiger partial charge >= 0.3 is 0 Å². The molecule has 172 valence electrons. The van der Waals surface area contributed by atoms with E-state index in [1.54, 1.807) is 18.6 Å². The van der Waals surface area contributed by atoms with Crippen molar-refractivity contribution in [2.45, 2.75) is 24.5 Å². The maximum atomic E-state index is 12.2. The number of hydrogen-bond acceptors (Lipinski definition) is 11. The third kappa shape index (κ3) is 4.22. The predicted molar refractivity (Wildman–Crippen MR) is 116 cm³/mol. The van der Waals surface area contributed by atoms with Gasteiger partial charge in [-0.2, -0.15) is 0 Å². The highest BCUT2D eigenvalue weighted by molar-refractivity contribution is 7.11. The second-order valence-electron chi connectivity index (χ2n) is 7.10. The number of rotatable bonds is 4. The number of imidazole rings is 1. The smallest absolute Gasteiger partial charge is 0.283 e. The maximum Gasteiger partial charge on any atom is 0.283 e. The number of ether oxygens (including phenoxy) is 1. The third-order valence-electron chi connectivity index (χ3n) is 4.94. The minimum Gasteiger partial charge on any atom is -0.387 e. The number of amides is 2. The van der Waals surface area contributed by atoms with Crippen LogP contribution in [0.1, 0.15) is 21.9 Å². The summed E-state index contributed by atoms with van der Waals surface area (Å²) in [5.41, 5.74) is 6.43. The molecule has 1 fully saturated rings. The lowest BCUT2D eigenvalue weighted by atomic mass is 10.1. The second-order valence-corrected chi connectivity index (χ2v) is 7.99. The number of aliphatic hydroxyl groups excluding tert-OH is 2. The Labute approximate surface area is 191 Å². The van der Waals surface area contributed by atoms with E-state index in [2.05, 4.69) is 37.1 Å². The van der Waals surface area contributed by atoms with Crippen molar-refractivity contribution in [1.82, 2.24) is 34.7 Å². The zero-order valence-electron chi connectivity index (χ0n) is 17.5. The number of nitrogens with zero attached hydrogens (tertiary/aromatic N) is 6. The summed E-state index contributed by atoms with van der Waals surface area (Å²) in [7, 11) is 2.99. The van der Waals surface area contributed by atoms with E-state index in [-0.39, 0.29) is 35.3 Å². The molecule has 2 amide bonds. The lowest BCUT2D eigenvalue weighted by Crippen LogP contribution is -2.41. The van der Waals surface area contributed by atoms with Gasteiger partial charge in [0.25, 0.3) is 11.8 Å². The number of aromatic nitrogens is 5. The first-order valence-corrected chi connectivity index (χ1v) is 10.6. The summed E-state index contributed by atoms with van der Waals surface area (Å²) in [5, 5.41) is 25.1. The molecule has 1 aliphatic heterocycles. The Morgan fingerprint density at radius 2 is 2.12 bits per heavy atom. The fourth-order valence-corrected chi connectivity index (χ4v) is 3.86. The number of carbonyl (C=O) groups excluding carboxylic acids is 2. The highest BCUT2D eigenvalue weighted by Crippen LogP contribution is 2.32. The largest absolute Gasteiger partial charge is 0.387 e. The van der Waals surface area contributed by atoms with Crippen molar-refractivity contribution in [3.8, 4) is 11.8 Å². The van der Waals surface area contributed by atoms with Crippen molar-refractivity contribution in [2.24, 2.45) is 0 Å². The number of carbonyl (C=O) groups is 2. The first-order chi connectivity index (χ1) is 15.8. The molecule has 3 aromatic rings. The Bertz CT molecular complexity index is 1250. The Morgan fingerprint density at radius 3 is 2.82 bits per heavy atom. The number of nitrogens with two attached hydrogens (primary N) is 1. The Kier molecular flexibility index (Phi) is 6.20. The molecule has 1 saturated heterocycles. The molecule has 4 atom stereocenters. The molecule has 0 bridgehead atoms. The molecule has 4 heterocycles. The van der Waals surface area contributed by atoms with Crippen LogP contribution in [0.15, 0.2) is 17.9 Å². The molecule has 0 aromatic carbocycles. The normalized spacial score (nSPS) is 22.1. The third-order valence-corrected chi connectivity index (χ3v) is 5.71. The maximum absolute atomic E-state index is 12.2. The van der Waals surface area contributed by atoms with Gasteiger partial charge in [-0.3, -0.25) is 14.2 Å². The van der Waals surface area contributed by atoms with Crippen molar-refractivity contribution in [3.63, 3.8) is 0 Å². The van der Waals surface area contributed by atoms with Gasteiger partial charge in [0.1, 0.15) is 17.7 Å². The number of nitrogen functional groups attached to an aromatic ring is 1. The summed E-state index contributed by atoms with van der Waals surface area (Å²) in [4.78, 5) is 42.1. The molecule has 0 spiro atoms. The molecule has 14 heteroatoms. The fraction of sp³-hybridized carbons (Fsp3) is 0.368. The predicted octanol–water partition coefficient (Wildman–Crippen LogP) is -1.65. The molecular formula is C19H20N8O5S. The standard InChI is InChI=1S/C19H20N8O5S/c1-21-16(30)13-11(28)12(29)19(32-13)27-8-23-10-14(20)24-9(25-15(10)27)4-3-6-26(2)18(31)17-22-5-7-33-17/h5,7-8,11-13,19,28-29H,6H2,1-2H3,(H,21,30)(H2,20,24,25)/t11?,12-,13+,19-/m1/s1. The van der Waals surface area contributed by atoms with Crippen LogP contribution in [0.4, 0.5) is 5.82 Å². The Morgan fingerprint density at radius 1 is 1.33 bits per heavy atom. The SMILES string of the molecule is CNC(=O)[C@H]1O[C@@H](n2cnc3c(N)nc(C#CCN(C)C(=O)c4nccs4)nc32)[C@H](O)C1O. The molecule has 0 aliphatic carbocycles. The van der Waals surface area contributed by atoms with Crippen molar-refractivity contribution in [2.75, 3.05) is 26.4 Å². The number of hydrogen-bond donors (Lipinski definition) is 4. The molecule has 4 rings (SSSR count). The summed E-state index contributed by atoms with van der Waals surface area (Å²) >= 11 is 1.23. The zero-order chi connectivity index (χ0) is 23.7.